The summed E-state index contributed by atoms with van der Waals surface area (Å²) in [5.41, 5.74) is 2.37. The van der Waals surface area contributed by atoms with Crippen LogP contribution in [0.1, 0.15) is 72.1 Å². The molecule has 0 radical (unpaired) electrons. The summed E-state index contributed by atoms with van der Waals surface area (Å²) in [6.45, 7) is 5.18. The molecule has 0 aromatic rings. The molecule has 0 unspecified atom stereocenters. The molecule has 0 spiro atoms. The first-order chi connectivity index (χ1) is 12.8. The van der Waals surface area contributed by atoms with Crippen LogP contribution in [0.25, 0.3) is 0 Å². The van der Waals surface area contributed by atoms with Gasteiger partial charge in [0.25, 0.3) is 0 Å². The van der Waals surface area contributed by atoms with Gasteiger partial charge in [-0.2, -0.15) is 0 Å². The molecule has 5 nitrogen and oxygen atoms in total. The van der Waals surface area contributed by atoms with Crippen LogP contribution in [0.2, 0.25) is 0 Å². The van der Waals surface area contributed by atoms with Crippen molar-refractivity contribution in [3.05, 3.63) is 11.1 Å². The Morgan fingerprint density at radius 3 is 2.41 bits per heavy atom. The average molecular weight is 374 g/mol. The lowest BCUT2D eigenvalue weighted by atomic mass is 9.54. The van der Waals surface area contributed by atoms with E-state index in [1.165, 1.54) is 19.4 Å². The fourth-order valence-corrected chi connectivity index (χ4v) is 6.71. The highest BCUT2D eigenvalue weighted by atomic mass is 16.5. The van der Waals surface area contributed by atoms with Crippen molar-refractivity contribution >= 4 is 17.7 Å². The van der Waals surface area contributed by atoms with E-state index in [9.17, 15) is 14.4 Å². The molecule has 2 fully saturated rings. The molecule has 4 aliphatic carbocycles. The minimum Gasteiger partial charge on any atom is -0.462 e. The van der Waals surface area contributed by atoms with E-state index in [-0.39, 0.29) is 29.2 Å². The van der Waals surface area contributed by atoms with Crippen LogP contribution in [0.15, 0.2) is 11.1 Å². The van der Waals surface area contributed by atoms with Gasteiger partial charge >= 0.3 is 11.9 Å². The van der Waals surface area contributed by atoms with Crippen molar-refractivity contribution in [2.75, 3.05) is 0 Å². The van der Waals surface area contributed by atoms with Gasteiger partial charge in [-0.25, -0.2) is 0 Å². The van der Waals surface area contributed by atoms with Gasteiger partial charge in [-0.15, -0.1) is 0 Å². The van der Waals surface area contributed by atoms with Gasteiger partial charge in [0.05, 0.1) is 0 Å². The number of Topliss-reactive ketones (excluding diaryl/α,β-unsaturated/α-hetero) is 1. The largest absolute Gasteiger partial charge is 0.462 e. The van der Waals surface area contributed by atoms with Crippen LogP contribution in [-0.4, -0.2) is 29.9 Å². The summed E-state index contributed by atoms with van der Waals surface area (Å²) in [6.07, 6.45) is 6.98. The zero-order chi connectivity index (χ0) is 19.3. The number of hydrogen-bond acceptors (Lipinski definition) is 5. The lowest BCUT2D eigenvalue weighted by Crippen LogP contribution is -2.47. The van der Waals surface area contributed by atoms with Crippen molar-refractivity contribution in [2.45, 2.75) is 84.3 Å². The predicted molar refractivity (Wildman–Crippen MR) is 98.7 cm³/mol. The molecule has 0 heterocycles. The molecule has 0 bridgehead atoms. The van der Waals surface area contributed by atoms with E-state index in [0.29, 0.717) is 24.2 Å². The first-order valence-electron chi connectivity index (χ1n) is 10.4. The van der Waals surface area contributed by atoms with Gasteiger partial charge in [0, 0.05) is 19.3 Å². The highest BCUT2D eigenvalue weighted by Gasteiger charge is 2.57. The number of hydrogen-bond donors (Lipinski definition) is 0. The molecule has 0 aromatic heterocycles. The number of carbonyl (C=O) groups excluding carboxylic acids is 3. The summed E-state index contributed by atoms with van der Waals surface area (Å²) in [4.78, 5) is 35.7. The third-order valence-corrected chi connectivity index (χ3v) is 7.80. The fraction of sp³-hybridized carbons (Fsp3) is 0.773. The minimum absolute atomic E-state index is 0.0395. The number of carbonyl (C=O) groups is 3. The van der Waals surface area contributed by atoms with Gasteiger partial charge in [0.1, 0.15) is 6.10 Å². The summed E-state index contributed by atoms with van der Waals surface area (Å²) >= 11 is 0. The van der Waals surface area contributed by atoms with E-state index in [1.54, 1.807) is 0 Å². The van der Waals surface area contributed by atoms with Crippen molar-refractivity contribution in [3.63, 3.8) is 0 Å². The monoisotopic (exact) mass is 374 g/mol. The molecule has 0 aromatic carbocycles. The Morgan fingerprint density at radius 2 is 1.70 bits per heavy atom. The first-order valence-corrected chi connectivity index (χ1v) is 10.4. The molecule has 0 amide bonds. The Morgan fingerprint density at radius 1 is 0.963 bits per heavy atom. The Hall–Kier alpha value is -1.65. The van der Waals surface area contributed by atoms with Crippen molar-refractivity contribution < 1.29 is 23.9 Å². The zero-order valence-corrected chi connectivity index (χ0v) is 16.6. The second-order valence-electron chi connectivity index (χ2n) is 9.14. The number of esters is 2. The predicted octanol–water partition coefficient (Wildman–Crippen LogP) is 3.75. The SMILES string of the molecule is CC(=O)O[C@H]1CC[C@H]2[C@@H]3CCC4=C(CC[C@@H](OC(C)=O)C4=O)[C@H]3CC[C@]12C. The molecule has 0 aliphatic heterocycles. The topological polar surface area (TPSA) is 69.7 Å². The molecule has 148 valence electrons. The standard InChI is InChI=1S/C22H30O5/c1-12(23)26-19-8-6-14-15-10-11-22(3)18(7-9-20(22)27-13(2)24)16(15)4-5-17(14)21(19)25/h15-16,18-20H,4-11H2,1-3H3/t15-,16-,18+,19-,20+,22+/m1/s1. The van der Waals surface area contributed by atoms with Crippen molar-refractivity contribution in [1.29, 1.82) is 0 Å². The van der Waals surface area contributed by atoms with Gasteiger partial charge in [-0.05, 0) is 74.7 Å². The molecule has 2 saturated carbocycles. The molecule has 4 rings (SSSR count). The maximum absolute atomic E-state index is 12.8. The van der Waals surface area contributed by atoms with Crippen molar-refractivity contribution in [1.82, 2.24) is 0 Å². The fourth-order valence-electron chi connectivity index (χ4n) is 6.71. The maximum Gasteiger partial charge on any atom is 0.303 e. The number of rotatable bonds is 2. The van der Waals surface area contributed by atoms with E-state index in [0.717, 1.165) is 50.5 Å². The van der Waals surface area contributed by atoms with Crippen LogP contribution in [0.4, 0.5) is 0 Å². The summed E-state index contributed by atoms with van der Waals surface area (Å²) in [5, 5.41) is 0. The molecular weight excluding hydrogens is 344 g/mol. The third kappa shape index (κ3) is 3.03. The molecule has 5 heteroatoms. The van der Waals surface area contributed by atoms with E-state index >= 15 is 0 Å². The number of fused-ring (bicyclic) bond motifs is 4. The van der Waals surface area contributed by atoms with Crippen LogP contribution in [0.3, 0.4) is 0 Å². The van der Waals surface area contributed by atoms with Crippen LogP contribution < -0.4 is 0 Å². The lowest BCUT2D eigenvalue weighted by Gasteiger charge is -2.51. The molecule has 0 N–H and O–H groups in total. The highest BCUT2D eigenvalue weighted by molar-refractivity contribution is 6.01. The van der Waals surface area contributed by atoms with E-state index in [2.05, 4.69) is 6.92 Å². The number of ether oxygens (including phenoxy) is 2. The maximum atomic E-state index is 12.8. The quantitative estimate of drug-likeness (QED) is 0.689. The Labute approximate surface area is 160 Å². The van der Waals surface area contributed by atoms with E-state index < -0.39 is 6.10 Å². The molecular formula is C22H30O5. The summed E-state index contributed by atoms with van der Waals surface area (Å²) in [6, 6.07) is 0. The number of ketones is 1. The molecule has 4 aliphatic rings. The highest BCUT2D eigenvalue weighted by Crippen LogP contribution is 2.61. The normalized spacial score (nSPS) is 40.7. The molecule has 0 saturated heterocycles. The summed E-state index contributed by atoms with van der Waals surface area (Å²) in [5.74, 6) is 1.12. The zero-order valence-electron chi connectivity index (χ0n) is 16.6. The average Bonchev–Trinajstić information content (AvgIpc) is 2.93. The third-order valence-electron chi connectivity index (χ3n) is 7.80. The smallest absolute Gasteiger partial charge is 0.303 e. The van der Waals surface area contributed by atoms with Crippen molar-refractivity contribution in [2.24, 2.45) is 23.2 Å². The molecule has 6 atom stereocenters. The molecule has 27 heavy (non-hydrogen) atoms. The van der Waals surface area contributed by atoms with Crippen molar-refractivity contribution in [3.8, 4) is 0 Å². The Kier molecular flexibility index (Phi) is 4.68. The van der Waals surface area contributed by atoms with Gasteiger partial charge in [-0.3, -0.25) is 14.4 Å². The van der Waals surface area contributed by atoms with Crippen LogP contribution in [0.5, 0.6) is 0 Å². The minimum atomic E-state index is -0.577. The second-order valence-corrected chi connectivity index (χ2v) is 9.14. The second kappa shape index (κ2) is 6.75. The van der Waals surface area contributed by atoms with E-state index in [1.807, 2.05) is 0 Å². The summed E-state index contributed by atoms with van der Waals surface area (Å²) in [7, 11) is 0. The van der Waals surface area contributed by atoms with Crippen LogP contribution in [-0.2, 0) is 23.9 Å². The first kappa shape index (κ1) is 18.7. The lowest BCUT2D eigenvalue weighted by molar-refractivity contribution is -0.155. The van der Waals surface area contributed by atoms with Gasteiger partial charge in [0.15, 0.2) is 11.9 Å². The summed E-state index contributed by atoms with van der Waals surface area (Å²) < 4.78 is 10.9. The number of allylic oxidation sites excluding steroid dienone is 1. The Balaban J connectivity index is 1.56. The van der Waals surface area contributed by atoms with Gasteiger partial charge < -0.3 is 9.47 Å². The van der Waals surface area contributed by atoms with Crippen LogP contribution in [0, 0.1) is 23.2 Å². The Bertz CT molecular complexity index is 707. The van der Waals surface area contributed by atoms with Gasteiger partial charge in [0.2, 0.25) is 0 Å². The van der Waals surface area contributed by atoms with Gasteiger partial charge in [-0.1, -0.05) is 12.5 Å². The van der Waals surface area contributed by atoms with E-state index in [4.69, 9.17) is 9.47 Å². The van der Waals surface area contributed by atoms with Crippen LogP contribution >= 0.6 is 0 Å².